The summed E-state index contributed by atoms with van der Waals surface area (Å²) in [5.74, 6) is -1.50. The van der Waals surface area contributed by atoms with Gasteiger partial charge in [-0.1, -0.05) is 50.6 Å². The monoisotopic (exact) mass is 650 g/mol. The number of nitrogens with zero attached hydrogens (tertiary/aromatic N) is 1. The predicted molar refractivity (Wildman–Crippen MR) is 165 cm³/mol. The van der Waals surface area contributed by atoms with Crippen molar-refractivity contribution in [2.75, 3.05) is 32.8 Å². The number of amides is 2. The normalized spacial score (nSPS) is 34.2. The molecule has 2 fully saturated rings. The third kappa shape index (κ3) is 7.30. The number of epoxide rings is 1. The summed E-state index contributed by atoms with van der Waals surface area (Å²) in [4.78, 5) is 40.7. The summed E-state index contributed by atoms with van der Waals surface area (Å²) in [6.45, 7) is 6.66. The van der Waals surface area contributed by atoms with Gasteiger partial charge >= 0.3 is 12.1 Å². The summed E-state index contributed by atoms with van der Waals surface area (Å²) in [7, 11) is 4.44. The standard InChI is InChI=1S/C32H43ClN2O10/c1-17(2)29(38)44-25-14-26(37)35(5)21-12-20(13-22(41-6)27(21)33)11-19(16-36)9-8-10-24(42-7)32(40)15-23(43-30(39)34-32)18(3)28-31(25,4)45-28/h8-10,12-13,17-18,23-25,28,36,40H,11,14-16H2,1-7H3,(H,34,39)/b10-8+,19-9-/t18-,23+,24-,25+,28+,31+,32+/m1/s1. The molecule has 3 N–H and O–H groups in total. The summed E-state index contributed by atoms with van der Waals surface area (Å²) in [6.07, 6.45) is 0.703. The van der Waals surface area contributed by atoms with Crippen molar-refractivity contribution in [1.82, 2.24) is 5.32 Å². The lowest BCUT2D eigenvalue weighted by atomic mass is 9.83. The maximum absolute atomic E-state index is 13.8. The summed E-state index contributed by atoms with van der Waals surface area (Å²) < 4.78 is 28.7. The van der Waals surface area contributed by atoms with Gasteiger partial charge in [0.25, 0.3) is 0 Å². The number of aliphatic hydroxyl groups is 2. The van der Waals surface area contributed by atoms with Crippen LogP contribution in [-0.4, -0.2) is 91.8 Å². The van der Waals surface area contributed by atoms with Gasteiger partial charge in [-0.3, -0.25) is 14.9 Å². The van der Waals surface area contributed by atoms with E-state index in [0.29, 0.717) is 22.6 Å². The van der Waals surface area contributed by atoms with Gasteiger partial charge < -0.3 is 38.8 Å². The van der Waals surface area contributed by atoms with Gasteiger partial charge in [-0.15, -0.1) is 0 Å². The molecule has 13 heteroatoms. The highest BCUT2D eigenvalue weighted by atomic mass is 35.5. The molecule has 248 valence electrons. The van der Waals surface area contributed by atoms with Crippen molar-refractivity contribution in [3.63, 3.8) is 0 Å². The molecule has 2 amide bonds. The minimum Gasteiger partial charge on any atom is -0.495 e. The highest BCUT2D eigenvalue weighted by Gasteiger charge is 2.64. The molecule has 3 aliphatic rings. The number of benzene rings is 1. The summed E-state index contributed by atoms with van der Waals surface area (Å²) in [6, 6.07) is 3.45. The highest BCUT2D eigenvalue weighted by Crippen LogP contribution is 2.49. The number of rotatable bonds is 5. The van der Waals surface area contributed by atoms with Crippen molar-refractivity contribution in [3.05, 3.63) is 46.5 Å². The van der Waals surface area contributed by atoms with Gasteiger partial charge in [-0.2, -0.15) is 0 Å². The van der Waals surface area contributed by atoms with E-state index < -0.39 is 65.5 Å². The maximum Gasteiger partial charge on any atom is 0.409 e. The molecular weight excluding hydrogens is 608 g/mol. The van der Waals surface area contributed by atoms with Crippen LogP contribution in [0.4, 0.5) is 10.5 Å². The number of esters is 1. The fourth-order valence-corrected chi connectivity index (χ4v) is 6.22. The quantitative estimate of drug-likeness (QED) is 0.319. The van der Waals surface area contributed by atoms with Gasteiger partial charge in [0, 0.05) is 26.5 Å². The van der Waals surface area contributed by atoms with Crippen molar-refractivity contribution < 1.29 is 48.3 Å². The van der Waals surface area contributed by atoms with Crippen molar-refractivity contribution >= 4 is 35.3 Å². The van der Waals surface area contributed by atoms with E-state index >= 15 is 0 Å². The molecule has 45 heavy (non-hydrogen) atoms. The number of methoxy groups -OCH3 is 2. The van der Waals surface area contributed by atoms with Crippen LogP contribution in [0.5, 0.6) is 5.75 Å². The number of nitrogens with one attached hydrogen (secondary N) is 1. The molecule has 12 nitrogen and oxygen atoms in total. The molecule has 2 saturated heterocycles. The van der Waals surface area contributed by atoms with Crippen LogP contribution in [0.25, 0.3) is 0 Å². The molecule has 7 atom stereocenters. The zero-order valence-corrected chi connectivity index (χ0v) is 27.4. The lowest BCUT2D eigenvalue weighted by Gasteiger charge is -2.42. The molecule has 0 aromatic heterocycles. The lowest BCUT2D eigenvalue weighted by molar-refractivity contribution is -0.157. The van der Waals surface area contributed by atoms with Gasteiger partial charge in [0.15, 0.2) is 5.72 Å². The first-order chi connectivity index (χ1) is 21.2. The molecule has 1 aromatic rings. The van der Waals surface area contributed by atoms with Gasteiger partial charge in [0.2, 0.25) is 5.91 Å². The lowest BCUT2D eigenvalue weighted by Crippen LogP contribution is -2.63. The maximum atomic E-state index is 13.8. The smallest absolute Gasteiger partial charge is 0.409 e. The number of allylic oxidation sites excluding steroid dienone is 2. The zero-order valence-electron chi connectivity index (χ0n) is 26.7. The first kappa shape index (κ1) is 34.7. The Morgan fingerprint density at radius 2 is 1.98 bits per heavy atom. The van der Waals surface area contributed by atoms with Crippen molar-refractivity contribution in [2.45, 2.75) is 82.7 Å². The molecule has 0 aliphatic carbocycles. The molecule has 1 aromatic carbocycles. The summed E-state index contributed by atoms with van der Waals surface area (Å²) >= 11 is 6.67. The molecule has 3 heterocycles. The second-order valence-corrected chi connectivity index (χ2v) is 12.7. The van der Waals surface area contributed by atoms with Crippen LogP contribution in [0.1, 0.15) is 46.1 Å². The van der Waals surface area contributed by atoms with Crippen molar-refractivity contribution in [2.24, 2.45) is 11.8 Å². The average Bonchev–Trinajstić information content (AvgIpc) is 3.69. The number of fused-ring (bicyclic) bond motifs is 5. The van der Waals surface area contributed by atoms with E-state index in [0.717, 1.165) is 0 Å². The minimum atomic E-state index is -1.83. The average molecular weight is 651 g/mol. The van der Waals surface area contributed by atoms with Crippen molar-refractivity contribution in [3.8, 4) is 5.75 Å². The fourth-order valence-electron chi connectivity index (χ4n) is 5.90. The Hall–Kier alpha value is -3.16. The number of hydrogen-bond donors (Lipinski definition) is 3. The van der Waals surface area contributed by atoms with Gasteiger partial charge in [0.05, 0.1) is 37.8 Å². The number of ether oxygens (including phenoxy) is 5. The minimum absolute atomic E-state index is 0.0441. The van der Waals surface area contributed by atoms with E-state index in [-0.39, 0.29) is 30.9 Å². The Balaban J connectivity index is 1.82. The Kier molecular flexibility index (Phi) is 10.6. The van der Waals surface area contributed by atoms with E-state index in [4.69, 9.17) is 35.3 Å². The van der Waals surface area contributed by atoms with E-state index in [2.05, 4.69) is 5.32 Å². The Labute approximate surface area is 268 Å². The van der Waals surface area contributed by atoms with Gasteiger partial charge in [0.1, 0.15) is 34.7 Å². The third-order valence-electron chi connectivity index (χ3n) is 8.78. The van der Waals surface area contributed by atoms with E-state index in [1.54, 1.807) is 58.2 Å². The number of aliphatic hydroxyl groups excluding tert-OH is 1. The molecule has 0 saturated carbocycles. The van der Waals surface area contributed by atoms with Crippen LogP contribution < -0.4 is 15.0 Å². The largest absolute Gasteiger partial charge is 0.495 e. The molecule has 3 aliphatic heterocycles. The predicted octanol–water partition coefficient (Wildman–Crippen LogP) is 3.30. The molecule has 0 spiro atoms. The molecular formula is C32H43ClN2O10. The van der Waals surface area contributed by atoms with Crippen LogP contribution in [0.2, 0.25) is 5.02 Å². The number of carbonyl (C=O) groups excluding carboxylic acids is 3. The number of anilines is 1. The van der Waals surface area contributed by atoms with Gasteiger partial charge in [-0.25, -0.2) is 4.79 Å². The van der Waals surface area contributed by atoms with Crippen LogP contribution >= 0.6 is 11.6 Å². The van der Waals surface area contributed by atoms with Gasteiger partial charge in [-0.05, 0) is 36.6 Å². The first-order valence-corrected chi connectivity index (χ1v) is 15.3. The number of carbonyl (C=O) groups is 3. The second kappa shape index (κ2) is 13.7. The van der Waals surface area contributed by atoms with Crippen LogP contribution in [0, 0.1) is 11.8 Å². The molecule has 4 rings (SSSR count). The molecule has 0 unspecified atom stereocenters. The summed E-state index contributed by atoms with van der Waals surface area (Å²) in [5, 5.41) is 24.4. The van der Waals surface area contributed by atoms with Crippen LogP contribution in [0.15, 0.2) is 35.9 Å². The molecule has 4 bridgehead atoms. The highest BCUT2D eigenvalue weighted by molar-refractivity contribution is 6.35. The zero-order chi connectivity index (χ0) is 33.3. The Morgan fingerprint density at radius 3 is 2.60 bits per heavy atom. The SMILES string of the molecule is COc1cc2cc(c1Cl)N(C)C(=O)C[C@H](OC(=O)C(C)C)[C@]1(C)O[C@H]1[C@H](C)[C@@H]1C[C@@](O)(NC(=O)O1)[C@H](OC)/C=C/C=C(\CO)C2. The third-order valence-corrected chi connectivity index (χ3v) is 9.16. The van der Waals surface area contributed by atoms with Crippen molar-refractivity contribution in [1.29, 1.82) is 0 Å². The van der Waals surface area contributed by atoms with Crippen LogP contribution in [0.3, 0.4) is 0 Å². The first-order valence-electron chi connectivity index (χ1n) is 14.9. The number of hydrogen-bond acceptors (Lipinski definition) is 10. The Morgan fingerprint density at radius 1 is 1.27 bits per heavy atom. The topological polar surface area (TPSA) is 156 Å². The fraction of sp³-hybridized carbons (Fsp3) is 0.594. The van der Waals surface area contributed by atoms with E-state index in [1.165, 1.54) is 19.1 Å². The Bertz CT molecular complexity index is 1370. The summed E-state index contributed by atoms with van der Waals surface area (Å²) in [5.41, 5.74) is -1.25. The van der Waals surface area contributed by atoms with E-state index in [1.807, 2.05) is 6.92 Å². The molecule has 0 radical (unpaired) electrons. The second-order valence-electron chi connectivity index (χ2n) is 12.3. The van der Waals surface area contributed by atoms with Crippen LogP contribution in [-0.2, 0) is 35.0 Å². The van der Waals surface area contributed by atoms with E-state index in [9.17, 15) is 24.6 Å². The number of halogens is 1. The number of alkyl carbamates (subject to hydrolysis) is 1.